The van der Waals surface area contributed by atoms with Crippen LogP contribution in [0.5, 0.6) is 0 Å². The van der Waals surface area contributed by atoms with Gasteiger partial charge in [0.15, 0.2) is 5.13 Å². The monoisotopic (exact) mass is 554 g/mol. The van der Waals surface area contributed by atoms with Gasteiger partial charge in [0.2, 0.25) is 15.9 Å². The van der Waals surface area contributed by atoms with Crippen molar-refractivity contribution in [3.8, 4) is 0 Å². The molecule has 1 aromatic carbocycles. The van der Waals surface area contributed by atoms with E-state index in [1.807, 2.05) is 44.2 Å². The van der Waals surface area contributed by atoms with Crippen molar-refractivity contribution in [2.45, 2.75) is 52.4 Å². The van der Waals surface area contributed by atoms with Gasteiger partial charge in [-0.1, -0.05) is 58.0 Å². The van der Waals surface area contributed by atoms with Crippen LogP contribution in [0.15, 0.2) is 35.7 Å². The van der Waals surface area contributed by atoms with E-state index in [9.17, 15) is 28.2 Å². The Morgan fingerprint density at radius 3 is 2.24 bits per heavy atom. The molecule has 2 aromatic rings. The van der Waals surface area contributed by atoms with E-state index >= 15 is 0 Å². The average Bonchev–Trinajstić information content (AvgIpc) is 3.31. The molecule has 1 aromatic heterocycles. The first kappa shape index (κ1) is 30.7. The van der Waals surface area contributed by atoms with Crippen molar-refractivity contribution in [3.05, 3.63) is 47.0 Å². The van der Waals surface area contributed by atoms with E-state index in [4.69, 9.17) is 0 Å². The lowest BCUT2D eigenvalue weighted by molar-refractivity contribution is -0.135. The highest BCUT2D eigenvalue weighted by atomic mass is 32.2. The van der Waals surface area contributed by atoms with Gasteiger partial charge in [0.05, 0.1) is 24.3 Å². The minimum atomic E-state index is -3.55. The van der Waals surface area contributed by atoms with Gasteiger partial charge in [0, 0.05) is 19.0 Å². The van der Waals surface area contributed by atoms with Crippen LogP contribution in [0, 0.1) is 17.8 Å². The van der Waals surface area contributed by atoms with Crippen molar-refractivity contribution in [1.82, 2.24) is 15.6 Å². The second-order valence-corrected chi connectivity index (χ2v) is 12.8. The molecule has 0 aliphatic carbocycles. The number of nitrogens with one attached hydrogen (secondary N) is 2. The molecule has 0 saturated heterocycles. The van der Waals surface area contributed by atoms with E-state index in [1.165, 1.54) is 12.4 Å². The summed E-state index contributed by atoms with van der Waals surface area (Å²) in [5.74, 6) is -1.97. The fourth-order valence-corrected chi connectivity index (χ4v) is 5.28. The van der Waals surface area contributed by atoms with Crippen LogP contribution in [0.3, 0.4) is 0 Å². The molecule has 0 radical (unpaired) electrons. The second-order valence-electron chi connectivity index (χ2n) is 9.91. The Kier molecular flexibility index (Phi) is 11.0. The van der Waals surface area contributed by atoms with Crippen molar-refractivity contribution in [1.29, 1.82) is 0 Å². The van der Waals surface area contributed by atoms with Crippen LogP contribution < -0.4 is 14.9 Å². The largest absolute Gasteiger partial charge is 0.390 e. The molecule has 2 rings (SSSR count). The number of carbonyl (C=O) groups excluding carboxylic acids is 2. The number of benzene rings is 1. The maximum absolute atomic E-state index is 13.1. The molecule has 4 atom stereocenters. The van der Waals surface area contributed by atoms with Crippen molar-refractivity contribution >= 4 is 38.3 Å². The number of aliphatic hydroxyl groups is 2. The molecule has 206 valence electrons. The van der Waals surface area contributed by atoms with Crippen molar-refractivity contribution in [2.24, 2.45) is 17.8 Å². The summed E-state index contributed by atoms with van der Waals surface area (Å²) in [6.07, 6.45) is -1.71. The molecular formula is C25H38N4O6S2. The summed E-state index contributed by atoms with van der Waals surface area (Å²) in [5, 5.41) is 29.5. The number of hydrogen-bond donors (Lipinski definition) is 4. The van der Waals surface area contributed by atoms with Gasteiger partial charge in [-0.2, -0.15) is 0 Å². The highest BCUT2D eigenvalue weighted by molar-refractivity contribution is 7.92. The van der Waals surface area contributed by atoms with Crippen LogP contribution in [0.4, 0.5) is 5.13 Å². The number of rotatable bonds is 13. The summed E-state index contributed by atoms with van der Waals surface area (Å²) in [6.45, 7) is 7.92. The quantitative estimate of drug-likeness (QED) is 0.294. The average molecular weight is 555 g/mol. The number of amides is 2. The molecule has 12 heteroatoms. The van der Waals surface area contributed by atoms with Crippen LogP contribution in [0.2, 0.25) is 0 Å². The lowest BCUT2D eigenvalue weighted by atomic mass is 9.83. The van der Waals surface area contributed by atoms with E-state index < -0.39 is 40.1 Å². The van der Waals surface area contributed by atoms with E-state index in [2.05, 4.69) is 15.6 Å². The summed E-state index contributed by atoms with van der Waals surface area (Å²) in [6, 6.07) is 8.18. The Morgan fingerprint density at radius 1 is 1.08 bits per heavy atom. The van der Waals surface area contributed by atoms with Gasteiger partial charge in [-0.25, -0.2) is 17.7 Å². The van der Waals surface area contributed by atoms with Crippen molar-refractivity contribution in [3.63, 3.8) is 0 Å². The van der Waals surface area contributed by atoms with E-state index in [-0.39, 0.29) is 35.0 Å². The van der Waals surface area contributed by atoms with Gasteiger partial charge in [-0.05, 0) is 23.8 Å². The third-order valence-corrected chi connectivity index (χ3v) is 8.14. The normalized spacial score (nSPS) is 15.2. The van der Waals surface area contributed by atoms with Crippen LogP contribution >= 0.6 is 11.3 Å². The fourth-order valence-electron chi connectivity index (χ4n) is 3.75. The summed E-state index contributed by atoms with van der Waals surface area (Å²) < 4.78 is 24.6. The lowest BCUT2D eigenvalue weighted by Gasteiger charge is -2.33. The Balaban J connectivity index is 2.30. The standard InChI is InChI=1S/C25H38N4O6S2/c1-15(2)13-26-24(33)20(16(3)4)22(31)21(30)18(12-17-10-8-7-9-11-17)27-23(32)19-14-36-25(28-19)29(5)37(6,34)35/h7-11,14-16,18,20-22,30-31H,12-13H2,1-6H3,(H,26,33)(H,27,32). The van der Waals surface area contributed by atoms with E-state index in [1.54, 1.807) is 13.8 Å². The van der Waals surface area contributed by atoms with Gasteiger partial charge in [-0.3, -0.25) is 9.59 Å². The first-order valence-electron chi connectivity index (χ1n) is 12.1. The number of aromatic nitrogens is 1. The predicted molar refractivity (Wildman–Crippen MR) is 145 cm³/mol. The molecular weight excluding hydrogens is 516 g/mol. The topological polar surface area (TPSA) is 149 Å². The molecule has 1 heterocycles. The van der Waals surface area contributed by atoms with Gasteiger partial charge in [0.25, 0.3) is 5.91 Å². The Labute approximate surface area is 223 Å². The number of aliphatic hydroxyl groups excluding tert-OH is 2. The molecule has 0 aliphatic heterocycles. The van der Waals surface area contributed by atoms with Gasteiger partial charge < -0.3 is 20.8 Å². The predicted octanol–water partition coefficient (Wildman–Crippen LogP) is 1.65. The summed E-state index contributed by atoms with van der Waals surface area (Å²) in [7, 11) is -2.22. The molecule has 0 fully saturated rings. The minimum Gasteiger partial charge on any atom is -0.390 e. The van der Waals surface area contributed by atoms with Crippen molar-refractivity contribution < 1.29 is 28.2 Å². The number of nitrogens with zero attached hydrogens (tertiary/aromatic N) is 2. The first-order chi connectivity index (χ1) is 17.2. The molecule has 0 spiro atoms. The smallest absolute Gasteiger partial charge is 0.271 e. The highest BCUT2D eigenvalue weighted by Gasteiger charge is 2.38. The summed E-state index contributed by atoms with van der Waals surface area (Å²) in [5.41, 5.74) is 0.783. The van der Waals surface area contributed by atoms with E-state index in [0.29, 0.717) is 6.54 Å². The third-order valence-electron chi connectivity index (χ3n) is 5.94. The maximum atomic E-state index is 13.1. The molecule has 10 nitrogen and oxygen atoms in total. The molecule has 4 N–H and O–H groups in total. The molecule has 0 bridgehead atoms. The zero-order chi connectivity index (χ0) is 27.9. The minimum absolute atomic E-state index is 0.0228. The van der Waals surface area contributed by atoms with Crippen LogP contribution in [0.25, 0.3) is 0 Å². The van der Waals surface area contributed by atoms with Gasteiger partial charge >= 0.3 is 0 Å². The number of hydrogen-bond acceptors (Lipinski definition) is 8. The molecule has 2 amide bonds. The van der Waals surface area contributed by atoms with Gasteiger partial charge in [-0.15, -0.1) is 11.3 Å². The molecule has 37 heavy (non-hydrogen) atoms. The van der Waals surface area contributed by atoms with Crippen LogP contribution in [-0.4, -0.2) is 73.5 Å². The Morgan fingerprint density at radius 2 is 1.70 bits per heavy atom. The number of carbonyl (C=O) groups is 2. The first-order valence-corrected chi connectivity index (χ1v) is 14.8. The molecule has 0 saturated carbocycles. The van der Waals surface area contributed by atoms with Crippen LogP contribution in [-0.2, 0) is 21.2 Å². The zero-order valence-electron chi connectivity index (χ0n) is 22.1. The highest BCUT2D eigenvalue weighted by Crippen LogP contribution is 2.24. The van der Waals surface area contributed by atoms with E-state index in [0.717, 1.165) is 27.5 Å². The summed E-state index contributed by atoms with van der Waals surface area (Å²) >= 11 is 0.989. The zero-order valence-corrected chi connectivity index (χ0v) is 23.7. The third kappa shape index (κ3) is 8.77. The summed E-state index contributed by atoms with van der Waals surface area (Å²) in [4.78, 5) is 30.1. The maximum Gasteiger partial charge on any atom is 0.271 e. The molecule has 0 aliphatic rings. The number of anilines is 1. The lowest BCUT2D eigenvalue weighted by Crippen LogP contribution is -2.55. The molecule has 4 unspecified atom stereocenters. The Bertz CT molecular complexity index is 1140. The van der Waals surface area contributed by atoms with Crippen LogP contribution in [0.1, 0.15) is 43.7 Å². The fraction of sp³-hybridized carbons (Fsp3) is 0.560. The van der Waals surface area contributed by atoms with Crippen molar-refractivity contribution in [2.75, 3.05) is 24.2 Å². The second kappa shape index (κ2) is 13.3. The number of sulfonamides is 1. The SMILES string of the molecule is CC(C)CNC(=O)C(C(C)C)C(O)C(O)C(Cc1ccccc1)NC(=O)c1csc(N(C)S(C)(=O)=O)n1. The Hall–Kier alpha value is -2.54. The number of thiazole rings is 1. The van der Waals surface area contributed by atoms with Gasteiger partial charge in [0.1, 0.15) is 11.8 Å².